The van der Waals surface area contributed by atoms with Crippen molar-refractivity contribution in [2.75, 3.05) is 13.1 Å². The number of imide groups is 1. The lowest BCUT2D eigenvalue weighted by atomic mass is 9.74. The van der Waals surface area contributed by atoms with Gasteiger partial charge in [-0.3, -0.25) is 19.7 Å². The molecule has 0 spiro atoms. The summed E-state index contributed by atoms with van der Waals surface area (Å²) in [4.78, 5) is 37.9. The number of fused-ring (bicyclic) bond motifs is 1. The topological polar surface area (TPSA) is 78.5 Å². The first-order valence-corrected chi connectivity index (χ1v) is 9.65. The van der Waals surface area contributed by atoms with Crippen LogP contribution in [0.3, 0.4) is 0 Å². The molecule has 2 fully saturated rings. The Labute approximate surface area is 161 Å². The highest BCUT2D eigenvalue weighted by Crippen LogP contribution is 2.42. The van der Waals surface area contributed by atoms with Gasteiger partial charge in [0.1, 0.15) is 17.7 Å². The van der Waals surface area contributed by atoms with Gasteiger partial charge in [0.05, 0.1) is 5.56 Å². The number of benzene rings is 1. The van der Waals surface area contributed by atoms with E-state index in [0.717, 1.165) is 6.07 Å². The van der Waals surface area contributed by atoms with E-state index in [1.807, 2.05) is 13.8 Å². The number of halogens is 2. The van der Waals surface area contributed by atoms with Crippen LogP contribution in [0.15, 0.2) is 6.07 Å². The number of carbonyl (C=O) groups excluding carboxylic acids is 3. The molecule has 150 valence electrons. The highest BCUT2D eigenvalue weighted by molar-refractivity contribution is 6.05. The minimum absolute atomic E-state index is 0.0200. The molecule has 2 N–H and O–H groups in total. The first-order valence-electron chi connectivity index (χ1n) is 9.65. The first kappa shape index (κ1) is 19.0. The Morgan fingerprint density at radius 2 is 1.75 bits per heavy atom. The van der Waals surface area contributed by atoms with Crippen molar-refractivity contribution in [1.29, 1.82) is 0 Å². The van der Waals surface area contributed by atoms with Gasteiger partial charge in [0, 0.05) is 19.0 Å². The largest absolute Gasteiger partial charge is 0.322 e. The van der Waals surface area contributed by atoms with Gasteiger partial charge in [-0.15, -0.1) is 0 Å². The van der Waals surface area contributed by atoms with Crippen molar-refractivity contribution >= 4 is 17.7 Å². The molecule has 4 rings (SSSR count). The van der Waals surface area contributed by atoms with Crippen LogP contribution in [-0.4, -0.2) is 41.8 Å². The van der Waals surface area contributed by atoms with Crippen LogP contribution in [0.5, 0.6) is 0 Å². The Morgan fingerprint density at radius 1 is 1.07 bits per heavy atom. The molecule has 0 radical (unpaired) electrons. The minimum atomic E-state index is -0.898. The molecule has 0 aromatic heterocycles. The Hall–Kier alpha value is -2.35. The molecule has 3 atom stereocenters. The quantitative estimate of drug-likeness (QED) is 0.752. The fraction of sp³-hybridized carbons (Fsp3) is 0.550. The van der Waals surface area contributed by atoms with Crippen molar-refractivity contribution in [3.05, 3.63) is 34.4 Å². The van der Waals surface area contributed by atoms with Crippen LogP contribution >= 0.6 is 0 Å². The number of hydrogen-bond donors (Lipinski definition) is 2. The summed E-state index contributed by atoms with van der Waals surface area (Å²) in [6.45, 7) is 5.43. The van der Waals surface area contributed by atoms with Crippen LogP contribution in [0.25, 0.3) is 0 Å². The zero-order valence-corrected chi connectivity index (χ0v) is 15.9. The van der Waals surface area contributed by atoms with Crippen molar-refractivity contribution in [2.24, 2.45) is 11.8 Å². The van der Waals surface area contributed by atoms with Gasteiger partial charge in [-0.05, 0) is 48.4 Å². The molecular weight excluding hydrogens is 368 g/mol. The zero-order chi connectivity index (χ0) is 20.2. The highest BCUT2D eigenvalue weighted by atomic mass is 19.1. The normalized spacial score (nSPS) is 30.4. The molecule has 3 unspecified atom stereocenters. The summed E-state index contributed by atoms with van der Waals surface area (Å²) >= 11 is 0. The van der Waals surface area contributed by atoms with Gasteiger partial charge in [0.2, 0.25) is 11.8 Å². The summed E-state index contributed by atoms with van der Waals surface area (Å²) in [5, 5.41) is 5.53. The lowest BCUT2D eigenvalue weighted by Gasteiger charge is -2.37. The van der Waals surface area contributed by atoms with Crippen LogP contribution in [0.1, 0.15) is 54.1 Å². The van der Waals surface area contributed by atoms with Crippen molar-refractivity contribution in [1.82, 2.24) is 15.5 Å². The summed E-state index contributed by atoms with van der Waals surface area (Å²) in [6.07, 6.45) is 0.298. The summed E-state index contributed by atoms with van der Waals surface area (Å²) in [5.74, 6) is -3.02. The molecule has 0 bridgehead atoms. The summed E-state index contributed by atoms with van der Waals surface area (Å²) in [7, 11) is 0. The maximum atomic E-state index is 14.9. The Balaban J connectivity index is 1.76. The van der Waals surface area contributed by atoms with Crippen LogP contribution in [0.4, 0.5) is 8.78 Å². The number of piperidine rings is 2. The van der Waals surface area contributed by atoms with Crippen LogP contribution in [-0.2, 0) is 16.1 Å². The van der Waals surface area contributed by atoms with Gasteiger partial charge in [-0.1, -0.05) is 13.8 Å². The fourth-order valence-corrected chi connectivity index (χ4v) is 4.98. The van der Waals surface area contributed by atoms with Crippen LogP contribution < -0.4 is 10.6 Å². The second kappa shape index (κ2) is 6.92. The van der Waals surface area contributed by atoms with Gasteiger partial charge in [0.25, 0.3) is 5.91 Å². The lowest BCUT2D eigenvalue weighted by molar-refractivity contribution is -0.136. The second-order valence-electron chi connectivity index (χ2n) is 8.15. The Morgan fingerprint density at radius 3 is 2.39 bits per heavy atom. The molecule has 28 heavy (non-hydrogen) atoms. The molecule has 1 aromatic carbocycles. The number of nitrogens with zero attached hydrogens (tertiary/aromatic N) is 1. The van der Waals surface area contributed by atoms with Crippen LogP contribution in [0, 0.1) is 23.5 Å². The minimum Gasteiger partial charge on any atom is -0.322 e. The van der Waals surface area contributed by atoms with Gasteiger partial charge >= 0.3 is 0 Å². The van der Waals surface area contributed by atoms with E-state index in [-0.39, 0.29) is 48.6 Å². The molecule has 3 amide bonds. The monoisotopic (exact) mass is 391 g/mol. The number of nitrogens with one attached hydrogen (secondary N) is 2. The van der Waals surface area contributed by atoms with E-state index in [1.165, 1.54) is 4.90 Å². The van der Waals surface area contributed by atoms with E-state index in [2.05, 4.69) is 10.6 Å². The van der Waals surface area contributed by atoms with Gasteiger partial charge in [-0.25, -0.2) is 8.78 Å². The van der Waals surface area contributed by atoms with Crippen molar-refractivity contribution in [3.8, 4) is 0 Å². The Kier molecular flexibility index (Phi) is 4.69. The summed E-state index contributed by atoms with van der Waals surface area (Å²) in [5.41, 5.74) is 0.595. The number of carbonyl (C=O) groups is 3. The smallest absolute Gasteiger partial charge is 0.258 e. The third-order valence-electron chi connectivity index (χ3n) is 6.26. The molecule has 2 saturated heterocycles. The van der Waals surface area contributed by atoms with Gasteiger partial charge in [-0.2, -0.15) is 0 Å². The highest BCUT2D eigenvalue weighted by Gasteiger charge is 2.44. The molecule has 1 aromatic rings. The van der Waals surface area contributed by atoms with E-state index >= 15 is 0 Å². The molecule has 3 heterocycles. The molecular formula is C20H23F2N3O3. The SMILES string of the molecule is CC1CNCC(C)C1c1c(F)cc(F)c2c1CN(C1CCC(=O)NC1=O)C2=O. The Bertz CT molecular complexity index is 863. The molecule has 0 aliphatic carbocycles. The van der Waals surface area contributed by atoms with E-state index in [9.17, 15) is 23.2 Å². The number of amides is 3. The fourth-order valence-electron chi connectivity index (χ4n) is 4.98. The average molecular weight is 391 g/mol. The molecule has 0 saturated carbocycles. The van der Waals surface area contributed by atoms with Crippen molar-refractivity contribution in [2.45, 2.75) is 45.2 Å². The molecule has 3 aliphatic rings. The molecule has 8 heteroatoms. The van der Waals surface area contributed by atoms with E-state index in [0.29, 0.717) is 24.2 Å². The summed E-state index contributed by atoms with van der Waals surface area (Å²) in [6, 6.07) is -0.0580. The zero-order valence-electron chi connectivity index (χ0n) is 15.9. The lowest BCUT2D eigenvalue weighted by Crippen LogP contribution is -2.52. The second-order valence-corrected chi connectivity index (χ2v) is 8.15. The van der Waals surface area contributed by atoms with E-state index in [4.69, 9.17) is 0 Å². The standard InChI is InChI=1S/C20H23F2N3O3/c1-9-6-23-7-10(2)16(9)17-11-8-25(14-3-4-15(26)24-19(14)27)20(28)18(11)13(22)5-12(17)21/h5,9-10,14,16,23H,3-4,6-8H2,1-2H3,(H,24,26,27). The van der Waals surface area contributed by atoms with E-state index in [1.54, 1.807) is 0 Å². The molecule has 3 aliphatic heterocycles. The average Bonchev–Trinajstić information content (AvgIpc) is 2.95. The number of rotatable bonds is 2. The maximum Gasteiger partial charge on any atom is 0.258 e. The van der Waals surface area contributed by atoms with Gasteiger partial charge < -0.3 is 10.2 Å². The van der Waals surface area contributed by atoms with Crippen molar-refractivity contribution < 1.29 is 23.2 Å². The number of hydrogen-bond acceptors (Lipinski definition) is 4. The van der Waals surface area contributed by atoms with E-state index < -0.39 is 29.5 Å². The predicted molar refractivity (Wildman–Crippen MR) is 96.3 cm³/mol. The van der Waals surface area contributed by atoms with Gasteiger partial charge in [0.15, 0.2) is 0 Å². The first-order chi connectivity index (χ1) is 13.3. The predicted octanol–water partition coefficient (Wildman–Crippen LogP) is 1.68. The molecule has 6 nitrogen and oxygen atoms in total. The third-order valence-corrected chi connectivity index (χ3v) is 6.26. The van der Waals surface area contributed by atoms with Crippen molar-refractivity contribution in [3.63, 3.8) is 0 Å². The maximum absolute atomic E-state index is 14.9. The summed E-state index contributed by atoms with van der Waals surface area (Å²) < 4.78 is 29.5. The third kappa shape index (κ3) is 2.90. The van der Waals surface area contributed by atoms with Crippen LogP contribution in [0.2, 0.25) is 0 Å².